The lowest BCUT2D eigenvalue weighted by Crippen LogP contribution is -2.49. The Kier molecular flexibility index (Phi) is 14.1. The zero-order valence-electron chi connectivity index (χ0n) is 49.3. The van der Waals surface area contributed by atoms with Gasteiger partial charge >= 0.3 is 6.01 Å². The highest BCUT2D eigenvalue weighted by atomic mass is 19.1. The molecule has 1 aliphatic carbocycles. The zero-order valence-corrected chi connectivity index (χ0v) is 49.3. The number of nitrogens with zero attached hydrogens (tertiary/aromatic N) is 9. The number of nitrogens with one attached hydrogen (secondary N) is 5. The number of carbonyl (C=O) groups is 2. The zero-order chi connectivity index (χ0) is 59.4. The molecule has 22 heteroatoms. The number of H-pyrrole nitrogens is 2. The van der Waals surface area contributed by atoms with Gasteiger partial charge in [-0.3, -0.25) is 28.8 Å². The van der Waals surface area contributed by atoms with Crippen molar-refractivity contribution in [1.29, 1.82) is 0 Å². The fraction of sp³-hybridized carbons (Fsp3) is 0.446. The molecule has 87 heavy (non-hydrogen) atoms. The number of hydrogen-bond acceptors (Lipinski definition) is 15. The maximum Gasteiger partial charge on any atom is 0.319 e. The normalized spacial score (nSPS) is 20.9. The van der Waals surface area contributed by atoms with Gasteiger partial charge in [-0.2, -0.15) is 25.3 Å². The minimum absolute atomic E-state index is 0.0236. The number of amides is 2. The molecule has 5 aliphatic heterocycles. The number of carbonyl (C=O) groups excluding carboxylic acids is 2. The van der Waals surface area contributed by atoms with Gasteiger partial charge in [0.05, 0.1) is 36.7 Å². The third kappa shape index (κ3) is 9.84. The summed E-state index contributed by atoms with van der Waals surface area (Å²) in [5, 5.41) is 40.9. The number of aromatic nitrogens is 9. The number of fused-ring (bicyclic) bond motifs is 8. The van der Waals surface area contributed by atoms with E-state index in [1.54, 1.807) is 24.0 Å². The largest absolute Gasteiger partial charge is 0.486 e. The van der Waals surface area contributed by atoms with Crippen LogP contribution in [0.5, 0.6) is 11.8 Å². The summed E-state index contributed by atoms with van der Waals surface area (Å²) < 4.78 is 39.4. The van der Waals surface area contributed by atoms with Crippen molar-refractivity contribution >= 4 is 61.2 Å². The van der Waals surface area contributed by atoms with Crippen molar-refractivity contribution < 1.29 is 33.3 Å². The van der Waals surface area contributed by atoms with Crippen LogP contribution < -0.4 is 35.9 Å². The SMILES string of the molecule is CCn1nccc1-c1ccc(CNC(=O)[C@@H]2C[C@@H](O)CN2C(=O)[C@H](C(C)C)n2cc3c(n2)c(=O)[nH]c2cc(COc4c(-c5c(C)c(F)cc6[nH]ncc56)c(C5CC5)cc5c(N6C[C@@H]7C[C@H]6CN7)nc(OC6CCOCC6)nc45)ccc23)c2c1CNCC2. The molecule has 6 aliphatic rings. The van der Waals surface area contributed by atoms with Crippen LogP contribution in [-0.2, 0) is 47.0 Å². The van der Waals surface area contributed by atoms with Crippen LogP contribution >= 0.6 is 0 Å². The van der Waals surface area contributed by atoms with Crippen LogP contribution in [0.15, 0.2) is 71.9 Å². The number of aromatic amines is 2. The average Bonchev–Trinajstić information content (AvgIpc) is 1.78. The van der Waals surface area contributed by atoms with Crippen LogP contribution in [0.25, 0.3) is 66.0 Å². The number of rotatable bonds is 16. The van der Waals surface area contributed by atoms with Gasteiger partial charge in [-0.15, -0.1) is 0 Å². The Labute approximate surface area is 500 Å². The number of pyridine rings is 1. The molecular weight excluding hydrogens is 1110 g/mol. The summed E-state index contributed by atoms with van der Waals surface area (Å²) in [6.45, 7) is 13.0. The number of aliphatic hydroxyl groups is 1. The molecule has 5 aromatic heterocycles. The molecule has 2 bridgehead atoms. The highest BCUT2D eigenvalue weighted by Crippen LogP contribution is 2.54. The van der Waals surface area contributed by atoms with Gasteiger partial charge < -0.3 is 50.1 Å². The van der Waals surface area contributed by atoms with E-state index in [0.717, 1.165) is 102 Å². The third-order valence-corrected chi connectivity index (χ3v) is 19.0. The molecule has 450 valence electrons. The predicted octanol–water partition coefficient (Wildman–Crippen LogP) is 7.38. The van der Waals surface area contributed by atoms with Crippen molar-refractivity contribution in [2.45, 2.75) is 141 Å². The Morgan fingerprint density at radius 3 is 2.60 bits per heavy atom. The lowest BCUT2D eigenvalue weighted by molar-refractivity contribution is -0.142. The monoisotopic (exact) mass is 1180 g/mol. The average molecular weight is 1180 g/mol. The fourth-order valence-electron chi connectivity index (χ4n) is 14.5. The van der Waals surface area contributed by atoms with Gasteiger partial charge in [0.1, 0.15) is 41.9 Å². The number of likely N-dealkylation sites (tertiary alicyclic amines) is 1. The molecule has 5 atom stereocenters. The Morgan fingerprint density at radius 2 is 1.80 bits per heavy atom. The predicted molar refractivity (Wildman–Crippen MR) is 326 cm³/mol. The van der Waals surface area contributed by atoms with Crippen molar-refractivity contribution in [2.24, 2.45) is 5.92 Å². The van der Waals surface area contributed by atoms with E-state index in [2.05, 4.69) is 66.3 Å². The lowest BCUT2D eigenvalue weighted by Gasteiger charge is -2.31. The van der Waals surface area contributed by atoms with Gasteiger partial charge in [-0.1, -0.05) is 38.1 Å². The number of ether oxygens (including phenoxy) is 3. The number of aryl methyl sites for hydroxylation is 1. The van der Waals surface area contributed by atoms with Gasteiger partial charge in [0.2, 0.25) is 11.8 Å². The number of aliphatic hydroxyl groups excluding tert-OH is 1. The first kappa shape index (κ1) is 55.3. The van der Waals surface area contributed by atoms with Crippen LogP contribution in [0.1, 0.15) is 105 Å². The lowest BCUT2D eigenvalue weighted by atomic mass is 9.88. The molecule has 2 amide bonds. The first-order valence-corrected chi connectivity index (χ1v) is 30.9. The number of halogens is 1. The van der Waals surface area contributed by atoms with Crippen LogP contribution in [0.4, 0.5) is 10.2 Å². The molecule has 0 spiro atoms. The summed E-state index contributed by atoms with van der Waals surface area (Å²) in [5.74, 6) is 0.0401. The molecule has 6 N–H and O–H groups in total. The van der Waals surface area contributed by atoms with Crippen molar-refractivity contribution in [1.82, 2.24) is 65.6 Å². The molecule has 0 unspecified atom stereocenters. The van der Waals surface area contributed by atoms with Gasteiger partial charge in [0.25, 0.3) is 5.56 Å². The van der Waals surface area contributed by atoms with E-state index >= 15 is 4.39 Å². The Hall–Kier alpha value is -8.31. The van der Waals surface area contributed by atoms with Crippen LogP contribution in [0.3, 0.4) is 0 Å². The highest BCUT2D eigenvalue weighted by Gasteiger charge is 2.44. The van der Waals surface area contributed by atoms with Crippen molar-refractivity contribution in [3.05, 3.63) is 117 Å². The minimum Gasteiger partial charge on any atom is -0.486 e. The van der Waals surface area contributed by atoms with E-state index in [1.807, 2.05) is 49.0 Å². The third-order valence-electron chi connectivity index (χ3n) is 19.0. The molecule has 15 rings (SSSR count). The molecule has 4 aromatic carbocycles. The number of hydrogen-bond donors (Lipinski definition) is 6. The standard InChI is InChI=1S/C65H71FN14O7/c1-5-79-53(13-17-71-79)44-11-9-37(42-12-16-67-27-47(42)44)25-69-62(82)54-22-40(81)30-78(54)64(84)59(33(2)3)80-31-49-43-10-6-35(20-51(43)72-63(83)58(49)76-80)32-86-60-56(55-34(4)50(66)24-52-48(55)28-70-75-52)45(36-7-8-36)23-46-57(60)73-65(87-41-14-18-85-19-15-41)74-61(46)77-29-38-21-39(77)26-68-38/h6,9-11,13,17,20,23-24,28,31,33,36,38-41,54,59,67-68,81H,5,7-8,12,14-16,18-19,21-22,25-27,29-30,32H2,1-4H3,(H,69,82)(H,70,75)(H,72,83)/t38-,39-,40+,54-,59-/m0/s1. The second kappa shape index (κ2) is 22.1. The van der Waals surface area contributed by atoms with E-state index in [9.17, 15) is 19.5 Å². The summed E-state index contributed by atoms with van der Waals surface area (Å²) in [7, 11) is 0. The Bertz CT molecular complexity index is 4280. The smallest absolute Gasteiger partial charge is 0.319 e. The summed E-state index contributed by atoms with van der Waals surface area (Å²) in [5.41, 5.74) is 10.6. The summed E-state index contributed by atoms with van der Waals surface area (Å²) in [6, 6.07) is 14.6. The quantitative estimate of drug-likeness (QED) is 0.0553. The number of β-amino-alcohol motifs (C(OH)–C–C–N with tert-alkyl or cyclic N) is 1. The number of piperazine rings is 1. The molecule has 10 heterocycles. The van der Waals surface area contributed by atoms with E-state index in [-0.39, 0.29) is 79.3 Å². The second-order valence-corrected chi connectivity index (χ2v) is 24.9. The van der Waals surface area contributed by atoms with Gasteiger partial charge in [-0.05, 0) is 116 Å². The van der Waals surface area contributed by atoms with E-state index < -0.39 is 23.7 Å². The maximum atomic E-state index is 16.3. The van der Waals surface area contributed by atoms with E-state index in [1.165, 1.54) is 22.1 Å². The summed E-state index contributed by atoms with van der Waals surface area (Å²) >= 11 is 0. The first-order valence-electron chi connectivity index (χ1n) is 30.9. The van der Waals surface area contributed by atoms with E-state index in [0.29, 0.717) is 82.8 Å². The molecular formula is C65H71FN14O7. The van der Waals surface area contributed by atoms with E-state index in [4.69, 9.17) is 29.3 Å². The number of benzene rings is 4. The molecule has 1 saturated carbocycles. The van der Waals surface area contributed by atoms with Crippen molar-refractivity contribution in [3.63, 3.8) is 0 Å². The molecule has 0 radical (unpaired) electrons. The van der Waals surface area contributed by atoms with Crippen LogP contribution in [0, 0.1) is 18.7 Å². The Morgan fingerprint density at radius 1 is 0.943 bits per heavy atom. The minimum atomic E-state index is -0.922. The van der Waals surface area contributed by atoms with Crippen LogP contribution in [-0.4, -0.2) is 136 Å². The summed E-state index contributed by atoms with van der Waals surface area (Å²) in [6.07, 6.45) is 9.46. The van der Waals surface area contributed by atoms with Crippen molar-refractivity contribution in [3.8, 4) is 34.1 Å². The summed E-state index contributed by atoms with van der Waals surface area (Å²) in [4.78, 5) is 60.8. The molecule has 5 fully saturated rings. The second-order valence-electron chi connectivity index (χ2n) is 24.9. The van der Waals surface area contributed by atoms with Gasteiger partial charge in [0.15, 0.2) is 11.3 Å². The number of anilines is 1. The van der Waals surface area contributed by atoms with Crippen LogP contribution in [0.2, 0.25) is 0 Å². The van der Waals surface area contributed by atoms with Gasteiger partial charge in [-0.25, -0.2) is 4.39 Å². The Balaban J connectivity index is 0.750. The molecule has 21 nitrogen and oxygen atoms in total. The topological polar surface area (TPSA) is 248 Å². The maximum absolute atomic E-state index is 16.3. The van der Waals surface area contributed by atoms with Crippen molar-refractivity contribution in [2.75, 3.05) is 44.3 Å². The highest BCUT2D eigenvalue weighted by molar-refractivity contribution is 6.07. The fourth-order valence-corrected chi connectivity index (χ4v) is 14.5. The van der Waals surface area contributed by atoms with Gasteiger partial charge in [0, 0.05) is 127 Å². The molecule has 4 saturated heterocycles. The first-order chi connectivity index (χ1) is 42.3. The molecule has 9 aromatic rings.